The number of nitrogens with zero attached hydrogens (tertiary/aromatic N) is 3. The molecule has 1 fully saturated rings. The maximum absolute atomic E-state index is 12.4. The van der Waals surface area contributed by atoms with Crippen molar-refractivity contribution in [2.24, 2.45) is 0 Å². The first-order valence-corrected chi connectivity index (χ1v) is 9.74. The quantitative estimate of drug-likeness (QED) is 0.710. The molecule has 1 aromatic carbocycles. The summed E-state index contributed by atoms with van der Waals surface area (Å²) in [4.78, 5) is 16.7. The Labute approximate surface area is 164 Å². The van der Waals surface area contributed by atoms with Crippen molar-refractivity contribution >= 4 is 17.4 Å². The van der Waals surface area contributed by atoms with Gasteiger partial charge in [-0.15, -0.1) is 0 Å². The Morgan fingerprint density at radius 1 is 1.18 bits per heavy atom. The number of carbonyl (C=O) groups is 1. The van der Waals surface area contributed by atoms with Gasteiger partial charge in [0.05, 0.1) is 0 Å². The summed E-state index contributed by atoms with van der Waals surface area (Å²) in [7, 11) is 0. The molecule has 144 valence electrons. The SMILES string of the molecule is N#Cc1cn2c(n1)CCC=C2NC1CCC(NC(=O)c2ccc(N)cc2)CC1. The van der Waals surface area contributed by atoms with Crippen LogP contribution in [0.5, 0.6) is 0 Å². The molecule has 2 heterocycles. The largest absolute Gasteiger partial charge is 0.399 e. The van der Waals surface area contributed by atoms with Crippen LogP contribution in [0.15, 0.2) is 36.5 Å². The monoisotopic (exact) mass is 376 g/mol. The van der Waals surface area contributed by atoms with Crippen LogP contribution in [0.1, 0.15) is 54.0 Å². The molecule has 28 heavy (non-hydrogen) atoms. The Morgan fingerprint density at radius 2 is 1.89 bits per heavy atom. The van der Waals surface area contributed by atoms with Crippen molar-refractivity contribution in [3.05, 3.63) is 53.6 Å². The first-order chi connectivity index (χ1) is 13.6. The molecule has 0 radical (unpaired) electrons. The second kappa shape index (κ2) is 7.77. The smallest absolute Gasteiger partial charge is 0.251 e. The van der Waals surface area contributed by atoms with Crippen LogP contribution in [-0.2, 0) is 6.42 Å². The summed E-state index contributed by atoms with van der Waals surface area (Å²) in [5, 5.41) is 15.8. The Morgan fingerprint density at radius 3 is 2.61 bits per heavy atom. The van der Waals surface area contributed by atoms with Crippen LogP contribution < -0.4 is 16.4 Å². The fraction of sp³-hybridized carbons (Fsp3) is 0.381. The van der Waals surface area contributed by atoms with Crippen LogP contribution in [0, 0.1) is 11.3 Å². The van der Waals surface area contributed by atoms with E-state index >= 15 is 0 Å². The number of imidazole rings is 1. The number of benzene rings is 1. The van der Waals surface area contributed by atoms with E-state index < -0.39 is 0 Å². The number of carbonyl (C=O) groups excluding carboxylic acids is 1. The van der Waals surface area contributed by atoms with Gasteiger partial charge in [0.25, 0.3) is 5.91 Å². The normalized spacial score (nSPS) is 21.2. The van der Waals surface area contributed by atoms with Gasteiger partial charge in [-0.25, -0.2) is 4.98 Å². The summed E-state index contributed by atoms with van der Waals surface area (Å²) in [6, 6.07) is 9.67. The number of nitrogens with one attached hydrogen (secondary N) is 2. The van der Waals surface area contributed by atoms with Crippen LogP contribution in [-0.4, -0.2) is 27.5 Å². The second-order valence-electron chi connectivity index (χ2n) is 7.44. The van der Waals surface area contributed by atoms with Gasteiger partial charge in [0.2, 0.25) is 0 Å². The number of rotatable bonds is 4. The van der Waals surface area contributed by atoms with Crippen molar-refractivity contribution in [1.82, 2.24) is 20.2 Å². The van der Waals surface area contributed by atoms with Crippen molar-refractivity contribution in [1.29, 1.82) is 5.26 Å². The molecular formula is C21H24N6O. The zero-order valence-corrected chi connectivity index (χ0v) is 15.7. The van der Waals surface area contributed by atoms with Crippen molar-refractivity contribution in [3.8, 4) is 6.07 Å². The van der Waals surface area contributed by atoms with E-state index in [9.17, 15) is 4.79 Å². The molecule has 7 heteroatoms. The lowest BCUT2D eigenvalue weighted by molar-refractivity contribution is 0.0925. The van der Waals surface area contributed by atoms with E-state index in [1.54, 1.807) is 30.5 Å². The maximum atomic E-state index is 12.4. The number of amides is 1. The number of aryl methyl sites for hydroxylation is 1. The van der Waals surface area contributed by atoms with Crippen LogP contribution in [0.4, 0.5) is 5.69 Å². The first-order valence-electron chi connectivity index (χ1n) is 9.74. The molecule has 1 saturated carbocycles. The van der Waals surface area contributed by atoms with Crippen molar-refractivity contribution in [2.75, 3.05) is 5.73 Å². The van der Waals surface area contributed by atoms with E-state index in [0.29, 0.717) is 23.0 Å². The number of hydrogen-bond acceptors (Lipinski definition) is 5. The van der Waals surface area contributed by atoms with E-state index in [-0.39, 0.29) is 11.9 Å². The summed E-state index contributed by atoms with van der Waals surface area (Å²) in [6.07, 6.45) is 9.60. The summed E-state index contributed by atoms with van der Waals surface area (Å²) in [5.74, 6) is 1.91. The molecule has 0 spiro atoms. The second-order valence-corrected chi connectivity index (χ2v) is 7.44. The third kappa shape index (κ3) is 3.86. The number of fused-ring (bicyclic) bond motifs is 1. The lowest BCUT2D eigenvalue weighted by atomic mass is 9.91. The molecule has 0 atom stereocenters. The molecule has 1 aliphatic carbocycles. The van der Waals surface area contributed by atoms with Gasteiger partial charge in [-0.3, -0.25) is 9.36 Å². The highest BCUT2D eigenvalue weighted by atomic mass is 16.1. The molecule has 1 aliphatic heterocycles. The van der Waals surface area contributed by atoms with Crippen molar-refractivity contribution in [2.45, 2.75) is 50.6 Å². The zero-order chi connectivity index (χ0) is 19.5. The molecule has 1 aromatic heterocycles. The minimum atomic E-state index is -0.0431. The predicted octanol–water partition coefficient (Wildman–Crippen LogP) is 2.41. The minimum absolute atomic E-state index is 0.0431. The third-order valence-electron chi connectivity index (χ3n) is 5.45. The fourth-order valence-corrected chi connectivity index (χ4v) is 3.92. The molecule has 4 rings (SSSR count). The Hall–Kier alpha value is -3.27. The summed E-state index contributed by atoms with van der Waals surface area (Å²) in [5.41, 5.74) is 7.43. The molecule has 4 N–H and O–H groups in total. The minimum Gasteiger partial charge on any atom is -0.399 e. The fourth-order valence-electron chi connectivity index (χ4n) is 3.92. The number of nitrogen functional groups attached to an aromatic ring is 1. The van der Waals surface area contributed by atoms with Gasteiger partial charge in [-0.1, -0.05) is 0 Å². The molecule has 0 unspecified atom stereocenters. The molecule has 1 amide bonds. The Bertz CT molecular complexity index is 929. The first kappa shape index (κ1) is 18.1. The number of hydrogen-bond donors (Lipinski definition) is 3. The van der Waals surface area contributed by atoms with Gasteiger partial charge in [-0.05, 0) is 62.4 Å². The van der Waals surface area contributed by atoms with Crippen molar-refractivity contribution in [3.63, 3.8) is 0 Å². The van der Waals surface area contributed by atoms with Gasteiger partial charge in [0.15, 0.2) is 5.69 Å². The average Bonchev–Trinajstić information content (AvgIpc) is 3.14. The Balaban J connectivity index is 1.31. The van der Waals surface area contributed by atoms with Gasteiger partial charge < -0.3 is 16.4 Å². The van der Waals surface area contributed by atoms with Gasteiger partial charge >= 0.3 is 0 Å². The third-order valence-corrected chi connectivity index (χ3v) is 5.45. The topological polar surface area (TPSA) is 109 Å². The van der Waals surface area contributed by atoms with E-state index in [1.165, 1.54) is 0 Å². The van der Waals surface area contributed by atoms with Crippen LogP contribution >= 0.6 is 0 Å². The lowest BCUT2D eigenvalue weighted by Gasteiger charge is -2.32. The number of anilines is 1. The molecule has 2 aliphatic rings. The van der Waals surface area contributed by atoms with Crippen molar-refractivity contribution < 1.29 is 4.79 Å². The average molecular weight is 376 g/mol. The van der Waals surface area contributed by atoms with Crippen LogP contribution in [0.2, 0.25) is 0 Å². The molecular weight excluding hydrogens is 352 g/mol. The number of nitrogens with two attached hydrogens (primary N) is 1. The summed E-state index contributed by atoms with van der Waals surface area (Å²) >= 11 is 0. The highest BCUT2D eigenvalue weighted by Gasteiger charge is 2.24. The van der Waals surface area contributed by atoms with E-state index in [1.807, 2.05) is 4.57 Å². The lowest BCUT2D eigenvalue weighted by Crippen LogP contribution is -2.42. The van der Waals surface area contributed by atoms with Crippen LogP contribution in [0.3, 0.4) is 0 Å². The zero-order valence-electron chi connectivity index (χ0n) is 15.7. The number of aromatic nitrogens is 2. The number of allylic oxidation sites excluding steroid dienone is 1. The Kier molecular flexibility index (Phi) is 5.02. The summed E-state index contributed by atoms with van der Waals surface area (Å²) < 4.78 is 2.00. The molecule has 7 nitrogen and oxygen atoms in total. The predicted molar refractivity (Wildman–Crippen MR) is 107 cm³/mol. The van der Waals surface area contributed by atoms with Gasteiger partial charge in [-0.2, -0.15) is 5.26 Å². The highest BCUT2D eigenvalue weighted by molar-refractivity contribution is 5.94. The molecule has 0 bridgehead atoms. The van der Waals surface area contributed by atoms with Gasteiger partial charge in [0, 0.05) is 36.0 Å². The van der Waals surface area contributed by atoms with E-state index in [2.05, 4.69) is 27.8 Å². The number of nitriles is 1. The molecule has 0 saturated heterocycles. The maximum Gasteiger partial charge on any atom is 0.251 e. The van der Waals surface area contributed by atoms with Crippen LogP contribution in [0.25, 0.3) is 5.82 Å². The standard InChI is InChI=1S/C21H24N6O/c22-12-18-13-27-19(2-1-3-20(27)25-18)24-16-8-10-17(11-9-16)26-21(28)14-4-6-15(23)7-5-14/h2,4-7,13,16-17,24H,1,3,8-11,23H2,(H,26,28). The highest BCUT2D eigenvalue weighted by Crippen LogP contribution is 2.23. The molecule has 2 aromatic rings. The van der Waals surface area contributed by atoms with E-state index in [4.69, 9.17) is 11.0 Å². The van der Waals surface area contributed by atoms with Gasteiger partial charge in [0.1, 0.15) is 17.7 Å². The summed E-state index contributed by atoms with van der Waals surface area (Å²) in [6.45, 7) is 0. The van der Waals surface area contributed by atoms with E-state index in [0.717, 1.165) is 50.2 Å².